The number of nitrogens with one attached hydrogen (secondary N) is 2. The Hall–Kier alpha value is -2.67. The van der Waals surface area contributed by atoms with Gasteiger partial charge in [-0.05, 0) is 55.7 Å². The van der Waals surface area contributed by atoms with E-state index in [0.717, 1.165) is 24.0 Å². The van der Waals surface area contributed by atoms with Gasteiger partial charge >= 0.3 is 0 Å². The van der Waals surface area contributed by atoms with Crippen LogP contribution < -0.4 is 10.0 Å². The SMILES string of the molecule is CCCCC(N=C1NS(=O)(=O)c2ccccc21)C(=O)Nc1ccc(C)c(C)c1. The highest BCUT2D eigenvalue weighted by molar-refractivity contribution is 7.90. The standard InChI is InChI=1S/C21H25N3O3S/c1-4-5-9-18(21(25)22-16-12-11-14(2)15(3)13-16)23-20-17-8-6-7-10-19(17)28(26,27)24-20/h6-8,10-13,18H,4-5,9H2,1-3H3,(H,22,25)(H,23,24). The van der Waals surface area contributed by atoms with Crippen LogP contribution in [-0.2, 0) is 14.8 Å². The number of hydrogen-bond donors (Lipinski definition) is 2. The van der Waals surface area contributed by atoms with Crippen molar-refractivity contribution < 1.29 is 13.2 Å². The molecule has 28 heavy (non-hydrogen) atoms. The maximum atomic E-state index is 12.9. The predicted octanol–water partition coefficient (Wildman–Crippen LogP) is 3.54. The molecule has 6 nitrogen and oxygen atoms in total. The second-order valence-corrected chi connectivity index (χ2v) is 8.68. The number of carbonyl (C=O) groups is 1. The van der Waals surface area contributed by atoms with E-state index in [-0.39, 0.29) is 16.6 Å². The number of aliphatic imine (C=N–C) groups is 1. The summed E-state index contributed by atoms with van der Waals surface area (Å²) >= 11 is 0. The minimum absolute atomic E-state index is 0.192. The number of aryl methyl sites for hydroxylation is 2. The van der Waals surface area contributed by atoms with Gasteiger partial charge in [0.05, 0.1) is 4.90 Å². The Kier molecular flexibility index (Phi) is 5.84. The van der Waals surface area contributed by atoms with Gasteiger partial charge in [0, 0.05) is 11.3 Å². The zero-order valence-corrected chi connectivity index (χ0v) is 17.1. The summed E-state index contributed by atoms with van der Waals surface area (Å²) in [6, 6.07) is 11.7. The molecule has 0 aliphatic carbocycles. The number of hydrogen-bond acceptors (Lipinski definition) is 4. The van der Waals surface area contributed by atoms with E-state index in [1.54, 1.807) is 18.2 Å². The number of sulfonamides is 1. The van der Waals surface area contributed by atoms with Crippen LogP contribution in [0.15, 0.2) is 52.4 Å². The smallest absolute Gasteiger partial charge is 0.263 e. The van der Waals surface area contributed by atoms with E-state index in [0.29, 0.717) is 17.7 Å². The number of anilines is 1. The second-order valence-electron chi connectivity index (χ2n) is 7.03. The number of amidine groups is 1. The molecule has 2 aromatic rings. The van der Waals surface area contributed by atoms with E-state index >= 15 is 0 Å². The average Bonchev–Trinajstić information content (AvgIpc) is 2.92. The van der Waals surface area contributed by atoms with Gasteiger partial charge < -0.3 is 5.32 Å². The maximum absolute atomic E-state index is 12.9. The first-order valence-electron chi connectivity index (χ1n) is 9.40. The molecule has 0 saturated carbocycles. The van der Waals surface area contributed by atoms with Crippen LogP contribution in [0.2, 0.25) is 0 Å². The van der Waals surface area contributed by atoms with Crippen LogP contribution in [0.25, 0.3) is 0 Å². The minimum atomic E-state index is -3.63. The molecule has 0 spiro atoms. The van der Waals surface area contributed by atoms with Crippen molar-refractivity contribution >= 4 is 27.5 Å². The Labute approximate surface area is 166 Å². The first-order chi connectivity index (χ1) is 13.3. The fourth-order valence-electron chi connectivity index (χ4n) is 3.08. The van der Waals surface area contributed by atoms with Gasteiger partial charge in [-0.1, -0.05) is 38.0 Å². The molecule has 148 valence electrons. The second kappa shape index (κ2) is 8.14. The van der Waals surface area contributed by atoms with Crippen LogP contribution in [0.5, 0.6) is 0 Å². The van der Waals surface area contributed by atoms with E-state index in [9.17, 15) is 13.2 Å². The molecule has 1 aliphatic rings. The maximum Gasteiger partial charge on any atom is 0.263 e. The number of nitrogens with zero attached hydrogens (tertiary/aromatic N) is 1. The molecule has 0 fully saturated rings. The van der Waals surface area contributed by atoms with Gasteiger partial charge in [-0.25, -0.2) is 8.42 Å². The summed E-state index contributed by atoms with van der Waals surface area (Å²) < 4.78 is 27.1. The normalized spacial score (nSPS) is 17.0. The Balaban J connectivity index is 1.89. The van der Waals surface area contributed by atoms with E-state index < -0.39 is 16.1 Å². The third kappa shape index (κ3) is 4.25. The van der Waals surface area contributed by atoms with Crippen LogP contribution in [-0.4, -0.2) is 26.2 Å². The van der Waals surface area contributed by atoms with Crippen molar-refractivity contribution in [2.45, 2.75) is 51.0 Å². The van der Waals surface area contributed by atoms with Crippen molar-refractivity contribution in [1.29, 1.82) is 0 Å². The summed E-state index contributed by atoms with van der Waals surface area (Å²) in [6.07, 6.45) is 2.28. The van der Waals surface area contributed by atoms with Crippen molar-refractivity contribution in [1.82, 2.24) is 4.72 Å². The lowest BCUT2D eigenvalue weighted by molar-refractivity contribution is -0.117. The van der Waals surface area contributed by atoms with Crippen molar-refractivity contribution in [2.24, 2.45) is 4.99 Å². The molecule has 1 heterocycles. The molecular formula is C21H25N3O3S. The number of amides is 1. The summed E-state index contributed by atoms with van der Waals surface area (Å²) in [6.45, 7) is 6.05. The third-order valence-electron chi connectivity index (χ3n) is 4.86. The van der Waals surface area contributed by atoms with Crippen molar-refractivity contribution in [3.8, 4) is 0 Å². The molecule has 1 atom stereocenters. The molecular weight excluding hydrogens is 374 g/mol. The largest absolute Gasteiger partial charge is 0.324 e. The topological polar surface area (TPSA) is 87.6 Å². The molecule has 0 bridgehead atoms. The van der Waals surface area contributed by atoms with Gasteiger partial charge in [-0.3, -0.25) is 14.5 Å². The first kappa shape index (κ1) is 20.1. The predicted molar refractivity (Wildman–Crippen MR) is 111 cm³/mol. The zero-order valence-electron chi connectivity index (χ0n) is 16.3. The van der Waals surface area contributed by atoms with Crippen LogP contribution in [0.3, 0.4) is 0 Å². The van der Waals surface area contributed by atoms with Gasteiger partial charge in [-0.15, -0.1) is 0 Å². The molecule has 3 rings (SSSR count). The zero-order chi connectivity index (χ0) is 20.3. The molecule has 1 unspecified atom stereocenters. The highest BCUT2D eigenvalue weighted by Gasteiger charge is 2.31. The van der Waals surface area contributed by atoms with Gasteiger partial charge in [0.1, 0.15) is 11.9 Å². The third-order valence-corrected chi connectivity index (χ3v) is 6.25. The fraction of sp³-hybridized carbons (Fsp3) is 0.333. The summed E-state index contributed by atoms with van der Waals surface area (Å²) in [5.41, 5.74) is 3.45. The Morgan fingerprint density at radius 2 is 1.89 bits per heavy atom. The lowest BCUT2D eigenvalue weighted by Gasteiger charge is -2.14. The molecule has 1 aliphatic heterocycles. The van der Waals surface area contributed by atoms with E-state index in [1.165, 1.54) is 6.07 Å². The number of unbranched alkanes of at least 4 members (excludes halogenated alkanes) is 1. The van der Waals surface area contributed by atoms with Gasteiger partial charge in [-0.2, -0.15) is 0 Å². The number of benzene rings is 2. The van der Waals surface area contributed by atoms with Crippen molar-refractivity contribution in [2.75, 3.05) is 5.32 Å². The lowest BCUT2D eigenvalue weighted by atomic mass is 10.1. The Morgan fingerprint density at radius 1 is 1.14 bits per heavy atom. The Bertz CT molecular complexity index is 1030. The average molecular weight is 400 g/mol. The summed E-state index contributed by atoms with van der Waals surface area (Å²) in [4.78, 5) is 17.6. The fourth-order valence-corrected chi connectivity index (χ4v) is 4.32. The summed E-state index contributed by atoms with van der Waals surface area (Å²) in [7, 11) is -3.63. The van der Waals surface area contributed by atoms with E-state index in [1.807, 2.05) is 39.0 Å². The molecule has 2 aromatic carbocycles. The quantitative estimate of drug-likeness (QED) is 0.779. The molecule has 0 saturated heterocycles. The molecule has 7 heteroatoms. The van der Waals surface area contributed by atoms with Crippen LogP contribution in [0.1, 0.15) is 42.9 Å². The molecule has 1 amide bonds. The number of fused-ring (bicyclic) bond motifs is 1. The molecule has 0 aromatic heterocycles. The lowest BCUT2D eigenvalue weighted by Crippen LogP contribution is -2.30. The highest BCUT2D eigenvalue weighted by Crippen LogP contribution is 2.23. The van der Waals surface area contributed by atoms with Crippen LogP contribution >= 0.6 is 0 Å². The highest BCUT2D eigenvalue weighted by atomic mass is 32.2. The minimum Gasteiger partial charge on any atom is -0.324 e. The Morgan fingerprint density at radius 3 is 2.61 bits per heavy atom. The van der Waals surface area contributed by atoms with Crippen molar-refractivity contribution in [3.63, 3.8) is 0 Å². The number of carbonyl (C=O) groups excluding carboxylic acids is 1. The van der Waals surface area contributed by atoms with Crippen LogP contribution in [0.4, 0.5) is 5.69 Å². The number of rotatable bonds is 6. The van der Waals surface area contributed by atoms with E-state index in [2.05, 4.69) is 15.0 Å². The van der Waals surface area contributed by atoms with Gasteiger partial charge in [0.25, 0.3) is 10.0 Å². The van der Waals surface area contributed by atoms with Gasteiger partial charge in [0.15, 0.2) is 0 Å². The summed E-state index contributed by atoms with van der Waals surface area (Å²) in [5.74, 6) is -0.0141. The van der Waals surface area contributed by atoms with Gasteiger partial charge in [0.2, 0.25) is 5.91 Å². The van der Waals surface area contributed by atoms with E-state index in [4.69, 9.17) is 0 Å². The monoisotopic (exact) mass is 399 g/mol. The summed E-state index contributed by atoms with van der Waals surface area (Å²) in [5, 5.41) is 2.91. The molecule has 2 N–H and O–H groups in total. The van der Waals surface area contributed by atoms with Crippen molar-refractivity contribution in [3.05, 3.63) is 59.2 Å². The first-order valence-corrected chi connectivity index (χ1v) is 10.9. The van der Waals surface area contributed by atoms with Crippen LogP contribution in [0, 0.1) is 13.8 Å². The molecule has 0 radical (unpaired) electrons.